The van der Waals surface area contributed by atoms with Crippen molar-refractivity contribution in [3.05, 3.63) is 78.0 Å². The molecule has 0 amide bonds. The second-order valence-electron chi connectivity index (χ2n) is 7.26. The molecule has 4 nitrogen and oxygen atoms in total. The van der Waals surface area contributed by atoms with Crippen LogP contribution in [0.2, 0.25) is 0 Å². The van der Waals surface area contributed by atoms with Gasteiger partial charge in [-0.1, -0.05) is 42.7 Å². The number of hydrogen-bond donors (Lipinski definition) is 0. The number of rotatable bonds is 9. The predicted molar refractivity (Wildman–Crippen MR) is 117 cm³/mol. The summed E-state index contributed by atoms with van der Waals surface area (Å²) in [7, 11) is 1.21. The first kappa shape index (κ1) is 20.9. The number of unbranched alkanes of at least 4 members (excludes halogenated alkanes) is 1. The summed E-state index contributed by atoms with van der Waals surface area (Å²) in [5.74, 6) is 1.45. The third-order valence-corrected chi connectivity index (χ3v) is 4.69. The Kier molecular flexibility index (Phi) is 7.31. The van der Waals surface area contributed by atoms with Crippen molar-refractivity contribution >= 4 is 7.32 Å². The summed E-state index contributed by atoms with van der Waals surface area (Å²) >= 11 is 0. The average molecular weight is 390 g/mol. The van der Waals surface area contributed by atoms with E-state index in [-0.39, 0.29) is 0 Å². The zero-order chi connectivity index (χ0) is 20.6. The zero-order valence-electron chi connectivity index (χ0n) is 17.7. The van der Waals surface area contributed by atoms with Crippen LogP contribution < -0.4 is 13.9 Å². The van der Waals surface area contributed by atoms with Crippen LogP contribution >= 0.6 is 0 Å². The zero-order valence-corrected chi connectivity index (χ0v) is 17.7. The van der Waals surface area contributed by atoms with Gasteiger partial charge in [0.1, 0.15) is 18.5 Å². The van der Waals surface area contributed by atoms with Crippen molar-refractivity contribution in [2.24, 2.45) is 7.05 Å². The van der Waals surface area contributed by atoms with Crippen LogP contribution in [-0.2, 0) is 11.7 Å². The fourth-order valence-electron chi connectivity index (χ4n) is 3.00. The minimum Gasteiger partial charge on any atom is -0.501 e. The molecule has 0 atom stereocenters. The summed E-state index contributed by atoms with van der Waals surface area (Å²) in [5, 5.41) is 0. The molecule has 0 spiro atoms. The molecule has 0 bridgehead atoms. The molecule has 0 aliphatic carbocycles. The van der Waals surface area contributed by atoms with E-state index in [0.717, 1.165) is 35.6 Å². The monoisotopic (exact) mass is 390 g/mol. The maximum atomic E-state index is 6.23. The van der Waals surface area contributed by atoms with Gasteiger partial charge in [0, 0.05) is 18.7 Å². The molecule has 5 heteroatoms. The maximum absolute atomic E-state index is 6.23. The molecule has 1 aromatic heterocycles. The van der Waals surface area contributed by atoms with E-state index in [4.69, 9.17) is 14.0 Å². The Hall–Kier alpha value is -2.79. The van der Waals surface area contributed by atoms with Gasteiger partial charge in [0.05, 0.1) is 5.56 Å². The number of aromatic nitrogens is 1. The van der Waals surface area contributed by atoms with Crippen molar-refractivity contribution in [3.63, 3.8) is 0 Å². The van der Waals surface area contributed by atoms with Crippen molar-refractivity contribution in [1.29, 1.82) is 0 Å². The molecule has 3 aromatic rings. The Morgan fingerprint density at radius 2 is 1.66 bits per heavy atom. The molecule has 29 heavy (non-hydrogen) atoms. The lowest BCUT2D eigenvalue weighted by Crippen LogP contribution is -2.35. The maximum Gasteiger partial charge on any atom is 0.788 e. The Morgan fingerprint density at radius 3 is 2.38 bits per heavy atom. The molecule has 0 saturated carbocycles. The van der Waals surface area contributed by atoms with Gasteiger partial charge in [-0.15, -0.1) is 0 Å². The first-order valence-corrected chi connectivity index (χ1v) is 10.1. The minimum absolute atomic E-state index is 0.577. The Labute approximate surface area is 174 Å². The van der Waals surface area contributed by atoms with Crippen molar-refractivity contribution in [3.8, 4) is 22.8 Å². The molecule has 3 rings (SSSR count). The molecule has 0 N–H and O–H groups in total. The molecule has 2 aromatic carbocycles. The normalized spacial score (nSPS) is 10.6. The second-order valence-corrected chi connectivity index (χ2v) is 7.26. The summed E-state index contributed by atoms with van der Waals surface area (Å²) in [5.41, 5.74) is 4.41. The standard InChI is InChI=1S/C24H29BNO3/c1-5-6-17-27-25(28-21-13-10-19(2)11-14-21)29-24-15-12-20(3)18-22(24)23-9-7-8-16-26(23)4/h7-16,18H,5-6,17H2,1-4H3/q+1. The lowest BCUT2D eigenvalue weighted by molar-refractivity contribution is -0.660. The summed E-state index contributed by atoms with van der Waals surface area (Å²) < 4.78 is 20.3. The van der Waals surface area contributed by atoms with E-state index >= 15 is 0 Å². The summed E-state index contributed by atoms with van der Waals surface area (Å²) in [6, 6.07) is 20.2. The van der Waals surface area contributed by atoms with Crippen LogP contribution in [0.4, 0.5) is 0 Å². The van der Waals surface area contributed by atoms with Crippen molar-refractivity contribution in [1.82, 2.24) is 0 Å². The minimum atomic E-state index is -0.820. The van der Waals surface area contributed by atoms with E-state index in [9.17, 15) is 0 Å². The molecule has 0 fully saturated rings. The molecular formula is C24H29BNO3+. The average Bonchev–Trinajstić information content (AvgIpc) is 2.71. The summed E-state index contributed by atoms with van der Waals surface area (Å²) in [6.45, 7) is 6.84. The lowest BCUT2D eigenvalue weighted by atomic mass is 10.1. The van der Waals surface area contributed by atoms with Gasteiger partial charge in [-0.3, -0.25) is 0 Å². The highest BCUT2D eigenvalue weighted by atomic mass is 16.7. The van der Waals surface area contributed by atoms with E-state index < -0.39 is 7.32 Å². The molecule has 0 aliphatic heterocycles. The van der Waals surface area contributed by atoms with E-state index in [1.165, 1.54) is 11.1 Å². The molecule has 0 saturated heterocycles. The molecular weight excluding hydrogens is 361 g/mol. The van der Waals surface area contributed by atoms with Gasteiger partial charge in [0.2, 0.25) is 5.69 Å². The highest BCUT2D eigenvalue weighted by Crippen LogP contribution is 2.30. The van der Waals surface area contributed by atoms with E-state index in [2.05, 4.69) is 30.5 Å². The third kappa shape index (κ3) is 5.85. The number of nitrogens with zero attached hydrogens (tertiary/aromatic N) is 1. The van der Waals surface area contributed by atoms with Crippen molar-refractivity contribution in [2.45, 2.75) is 33.6 Å². The van der Waals surface area contributed by atoms with E-state index in [0.29, 0.717) is 6.61 Å². The van der Waals surface area contributed by atoms with Gasteiger partial charge >= 0.3 is 7.32 Å². The van der Waals surface area contributed by atoms with E-state index in [1.807, 2.05) is 68.7 Å². The highest BCUT2D eigenvalue weighted by Gasteiger charge is 2.29. The van der Waals surface area contributed by atoms with E-state index in [1.54, 1.807) is 0 Å². The van der Waals surface area contributed by atoms with Gasteiger partial charge in [0.15, 0.2) is 6.20 Å². The van der Waals surface area contributed by atoms with Crippen LogP contribution in [0.3, 0.4) is 0 Å². The van der Waals surface area contributed by atoms with Gasteiger partial charge in [-0.25, -0.2) is 4.57 Å². The van der Waals surface area contributed by atoms with Gasteiger partial charge in [0.25, 0.3) is 0 Å². The number of benzene rings is 2. The summed E-state index contributed by atoms with van der Waals surface area (Å²) in [6.07, 6.45) is 4.03. The first-order chi connectivity index (χ1) is 14.1. The number of pyridine rings is 1. The summed E-state index contributed by atoms with van der Waals surface area (Å²) in [4.78, 5) is 0. The molecule has 0 unspecified atom stereocenters. The molecule has 0 aliphatic rings. The van der Waals surface area contributed by atoms with Crippen LogP contribution in [0.5, 0.6) is 11.5 Å². The third-order valence-electron chi connectivity index (χ3n) is 4.69. The fraction of sp³-hybridized carbons (Fsp3) is 0.292. The highest BCUT2D eigenvalue weighted by molar-refractivity contribution is 6.38. The number of hydrogen-bond acceptors (Lipinski definition) is 3. The topological polar surface area (TPSA) is 31.6 Å². The van der Waals surface area contributed by atoms with Gasteiger partial charge in [-0.05, 0) is 50.6 Å². The van der Waals surface area contributed by atoms with Crippen LogP contribution in [0.15, 0.2) is 66.9 Å². The Bertz CT molecular complexity index is 928. The van der Waals surface area contributed by atoms with Gasteiger partial charge in [-0.2, -0.15) is 0 Å². The molecule has 150 valence electrons. The van der Waals surface area contributed by atoms with Crippen LogP contribution in [0.25, 0.3) is 11.3 Å². The lowest BCUT2D eigenvalue weighted by Gasteiger charge is -2.18. The molecule has 1 heterocycles. The Balaban J connectivity index is 1.88. The quantitative estimate of drug-likeness (QED) is 0.291. The van der Waals surface area contributed by atoms with Crippen LogP contribution in [0, 0.1) is 13.8 Å². The fourth-order valence-corrected chi connectivity index (χ4v) is 3.00. The van der Waals surface area contributed by atoms with Gasteiger partial charge < -0.3 is 14.0 Å². The Morgan fingerprint density at radius 1 is 0.897 bits per heavy atom. The van der Waals surface area contributed by atoms with Crippen molar-refractivity contribution in [2.75, 3.05) is 6.61 Å². The number of aryl methyl sites for hydroxylation is 3. The SMILES string of the molecule is CCCCOB(Oc1ccc(C)cc1)Oc1ccc(C)cc1-c1cccc[n+]1C. The van der Waals surface area contributed by atoms with Crippen LogP contribution in [-0.4, -0.2) is 13.9 Å². The first-order valence-electron chi connectivity index (χ1n) is 10.1. The van der Waals surface area contributed by atoms with Crippen LogP contribution in [0.1, 0.15) is 30.9 Å². The largest absolute Gasteiger partial charge is 0.788 e. The second kappa shape index (κ2) is 10.1. The predicted octanol–water partition coefficient (Wildman–Crippen LogP) is 5.05. The van der Waals surface area contributed by atoms with Crippen molar-refractivity contribution < 1.29 is 18.5 Å². The smallest absolute Gasteiger partial charge is 0.501 e. The molecule has 0 radical (unpaired) electrons.